The monoisotopic (exact) mass is 707 g/mol. The van der Waals surface area contributed by atoms with Gasteiger partial charge in [0.15, 0.2) is 11.0 Å². The Kier molecular flexibility index (Phi) is 8.98. The van der Waals surface area contributed by atoms with Gasteiger partial charge < -0.3 is 28.9 Å². The van der Waals surface area contributed by atoms with E-state index in [1.165, 1.54) is 18.2 Å². The van der Waals surface area contributed by atoms with E-state index in [-0.39, 0.29) is 58.1 Å². The second kappa shape index (κ2) is 13.1. The van der Waals surface area contributed by atoms with Crippen LogP contribution in [-0.2, 0) is 17.7 Å². The number of anilines is 1. The molecule has 3 fully saturated rings. The quantitative estimate of drug-likeness (QED) is 0.253. The lowest BCUT2D eigenvalue weighted by atomic mass is 9.61. The van der Waals surface area contributed by atoms with Crippen molar-refractivity contribution in [3.05, 3.63) is 58.3 Å². The molecule has 1 spiro atoms. The second-order valence-electron chi connectivity index (χ2n) is 15.2. The molecule has 0 N–H and O–H groups in total. The van der Waals surface area contributed by atoms with Gasteiger partial charge in [0.25, 0.3) is 5.91 Å². The summed E-state index contributed by atoms with van der Waals surface area (Å²) in [7, 11) is 0. The van der Waals surface area contributed by atoms with Crippen molar-refractivity contribution in [2.75, 3.05) is 24.5 Å². The van der Waals surface area contributed by atoms with Crippen LogP contribution in [0.2, 0.25) is 5.15 Å². The molecule has 50 heavy (non-hydrogen) atoms. The van der Waals surface area contributed by atoms with Crippen LogP contribution in [-0.4, -0.2) is 85.4 Å². The average molecular weight is 708 g/mol. The summed E-state index contributed by atoms with van der Waals surface area (Å²) in [5.74, 6) is 0.602. The van der Waals surface area contributed by atoms with Gasteiger partial charge in [0, 0.05) is 48.9 Å². The van der Waals surface area contributed by atoms with Crippen molar-refractivity contribution >= 4 is 29.4 Å². The van der Waals surface area contributed by atoms with Crippen molar-refractivity contribution in [3.63, 3.8) is 0 Å². The molecule has 0 unspecified atom stereocenters. The fourth-order valence-electron chi connectivity index (χ4n) is 7.38. The van der Waals surface area contributed by atoms with Crippen LogP contribution in [0.15, 0.2) is 30.5 Å². The van der Waals surface area contributed by atoms with E-state index >= 15 is 0 Å². The summed E-state index contributed by atoms with van der Waals surface area (Å²) < 4.78 is 32.4. The lowest BCUT2D eigenvalue weighted by Crippen LogP contribution is -2.65. The predicted molar refractivity (Wildman–Crippen MR) is 183 cm³/mol. The third-order valence-corrected chi connectivity index (χ3v) is 10.2. The highest BCUT2D eigenvalue weighted by Crippen LogP contribution is 2.51. The number of benzene rings is 1. The summed E-state index contributed by atoms with van der Waals surface area (Å²) >= 11 is 6.46. The highest BCUT2D eigenvalue weighted by atomic mass is 35.5. The standard InChI is InChI=1S/C36H43ClFN7O5/c1-21(2)45(23-7-6-8-23)32(46)26-15-22(38)9-10-28(26)49-33-40-31(30(37)41-42-33)44-19-36(20-44)16-24(17-36)48-29-11-13-39-27-18-43(14-12-25(27)29)34(47)50-35(3,4)5/h9-11,13,15,21,23-24H,6-8,12,14,16-20H2,1-5H3. The first-order valence-corrected chi connectivity index (χ1v) is 17.7. The van der Waals surface area contributed by atoms with Crippen LogP contribution < -0.4 is 14.4 Å². The van der Waals surface area contributed by atoms with Gasteiger partial charge in [-0.1, -0.05) is 16.7 Å². The zero-order valence-electron chi connectivity index (χ0n) is 29.1. The van der Waals surface area contributed by atoms with Crippen LogP contribution in [0, 0.1) is 11.2 Å². The van der Waals surface area contributed by atoms with E-state index in [4.69, 9.17) is 25.8 Å². The van der Waals surface area contributed by atoms with Crippen LogP contribution in [0.4, 0.5) is 15.0 Å². The predicted octanol–water partition coefficient (Wildman–Crippen LogP) is 6.60. The first-order valence-electron chi connectivity index (χ1n) is 17.3. The highest BCUT2D eigenvalue weighted by molar-refractivity contribution is 6.31. The summed E-state index contributed by atoms with van der Waals surface area (Å²) in [6, 6.07) is 5.77. The maximum atomic E-state index is 14.4. The molecule has 4 aliphatic rings. The minimum absolute atomic E-state index is 0.0500. The van der Waals surface area contributed by atoms with Crippen LogP contribution in [0.5, 0.6) is 17.5 Å². The Morgan fingerprint density at radius 2 is 1.86 bits per heavy atom. The van der Waals surface area contributed by atoms with Crippen LogP contribution in [0.3, 0.4) is 0 Å². The largest absolute Gasteiger partial charge is 0.490 e. The molecule has 0 bridgehead atoms. The fourth-order valence-corrected chi connectivity index (χ4v) is 7.58. The minimum Gasteiger partial charge on any atom is -0.490 e. The molecular weight excluding hydrogens is 665 g/mol. The lowest BCUT2D eigenvalue weighted by Gasteiger charge is -2.58. The maximum absolute atomic E-state index is 14.4. The van der Waals surface area contributed by atoms with E-state index in [0.717, 1.165) is 62.2 Å². The van der Waals surface area contributed by atoms with E-state index in [1.807, 2.05) is 45.6 Å². The molecule has 14 heteroatoms. The zero-order valence-corrected chi connectivity index (χ0v) is 29.9. The lowest BCUT2D eigenvalue weighted by molar-refractivity contribution is -0.0351. The van der Waals surface area contributed by atoms with Crippen molar-refractivity contribution in [2.45, 2.75) is 103 Å². The molecular formula is C36H43ClFN7O5. The van der Waals surface area contributed by atoms with Crippen molar-refractivity contribution in [1.29, 1.82) is 0 Å². The number of carbonyl (C=O) groups is 2. The number of pyridine rings is 1. The molecule has 4 heterocycles. The van der Waals surface area contributed by atoms with Gasteiger partial charge in [0.05, 0.1) is 17.8 Å². The number of carbonyl (C=O) groups excluding carboxylic acids is 2. The van der Waals surface area contributed by atoms with Crippen LogP contribution >= 0.6 is 11.6 Å². The molecule has 2 saturated carbocycles. The van der Waals surface area contributed by atoms with E-state index < -0.39 is 11.4 Å². The van der Waals surface area contributed by atoms with Gasteiger partial charge in [-0.2, -0.15) is 4.98 Å². The SMILES string of the molecule is CC(C)N(C(=O)c1cc(F)ccc1Oc1nnc(Cl)c(N2CC3(CC(Oc4ccnc5c4CCN(C(=O)OC(C)(C)C)C5)C3)C2)n1)C1CCC1. The Balaban J connectivity index is 0.972. The van der Waals surface area contributed by atoms with Gasteiger partial charge in [0.1, 0.15) is 29.0 Å². The molecule has 1 aromatic carbocycles. The number of ether oxygens (including phenoxy) is 3. The summed E-state index contributed by atoms with van der Waals surface area (Å²) in [5, 5.41) is 8.24. The van der Waals surface area contributed by atoms with Crippen molar-refractivity contribution in [1.82, 2.24) is 30.0 Å². The van der Waals surface area contributed by atoms with Crippen molar-refractivity contribution in [3.8, 4) is 17.5 Å². The minimum atomic E-state index is -0.557. The number of hydrogen-bond acceptors (Lipinski definition) is 10. The normalized spacial score (nSPS) is 18.6. The highest BCUT2D eigenvalue weighted by Gasteiger charge is 2.54. The van der Waals surface area contributed by atoms with E-state index in [2.05, 4.69) is 20.2 Å². The molecule has 1 saturated heterocycles. The Morgan fingerprint density at radius 1 is 1.10 bits per heavy atom. The molecule has 12 nitrogen and oxygen atoms in total. The van der Waals surface area contributed by atoms with Gasteiger partial charge in [-0.05, 0) is 97.4 Å². The topological polar surface area (TPSA) is 123 Å². The summed E-state index contributed by atoms with van der Waals surface area (Å²) in [6.45, 7) is 11.9. The second-order valence-corrected chi connectivity index (χ2v) is 15.6. The van der Waals surface area contributed by atoms with Gasteiger partial charge in [-0.25, -0.2) is 9.18 Å². The first kappa shape index (κ1) is 34.2. The van der Waals surface area contributed by atoms with Gasteiger partial charge in [0.2, 0.25) is 0 Å². The molecule has 7 rings (SSSR count). The molecule has 0 atom stereocenters. The Morgan fingerprint density at radius 3 is 2.54 bits per heavy atom. The van der Waals surface area contributed by atoms with Gasteiger partial charge in [-0.15, -0.1) is 5.10 Å². The number of nitrogens with zero attached hydrogens (tertiary/aromatic N) is 7. The Labute approximate surface area is 296 Å². The molecule has 2 aromatic heterocycles. The number of halogens is 2. The molecule has 3 aromatic rings. The molecule has 266 valence electrons. The fraction of sp³-hybridized carbons (Fsp3) is 0.556. The first-order chi connectivity index (χ1) is 23.8. The zero-order chi connectivity index (χ0) is 35.4. The van der Waals surface area contributed by atoms with E-state index in [0.29, 0.717) is 25.3 Å². The van der Waals surface area contributed by atoms with Crippen LogP contribution in [0.1, 0.15) is 88.3 Å². The molecule has 2 aliphatic heterocycles. The number of rotatable bonds is 8. The summed E-state index contributed by atoms with van der Waals surface area (Å²) in [5.41, 5.74) is 1.50. The average Bonchev–Trinajstić information content (AvgIpc) is 2.99. The summed E-state index contributed by atoms with van der Waals surface area (Å²) in [6.07, 6.45) is 6.77. The van der Waals surface area contributed by atoms with Crippen molar-refractivity contribution < 1.29 is 28.2 Å². The van der Waals surface area contributed by atoms with Gasteiger partial charge >= 0.3 is 12.1 Å². The maximum Gasteiger partial charge on any atom is 0.410 e. The summed E-state index contributed by atoms with van der Waals surface area (Å²) in [4.78, 5) is 40.9. The third kappa shape index (κ3) is 6.88. The Hall–Kier alpha value is -4.26. The van der Waals surface area contributed by atoms with Crippen LogP contribution in [0.25, 0.3) is 0 Å². The molecule has 2 aliphatic carbocycles. The number of fused-ring (bicyclic) bond motifs is 1. The Bertz CT molecular complexity index is 1780. The molecule has 2 amide bonds. The smallest absolute Gasteiger partial charge is 0.410 e. The number of aromatic nitrogens is 4. The van der Waals surface area contributed by atoms with Gasteiger partial charge in [-0.3, -0.25) is 9.78 Å². The third-order valence-electron chi connectivity index (χ3n) is 9.93. The van der Waals surface area contributed by atoms with E-state index in [9.17, 15) is 14.0 Å². The number of amides is 2. The van der Waals surface area contributed by atoms with E-state index in [1.54, 1.807) is 16.0 Å². The number of hydrogen-bond donors (Lipinski definition) is 0. The van der Waals surface area contributed by atoms with Crippen molar-refractivity contribution in [2.24, 2.45) is 5.41 Å². The molecule has 0 radical (unpaired) electrons.